The highest BCUT2D eigenvalue weighted by atomic mass is 16.6. The van der Waals surface area contributed by atoms with Crippen LogP contribution in [0.1, 0.15) is 51.9 Å². The predicted molar refractivity (Wildman–Crippen MR) is 81.2 cm³/mol. The molecule has 23 heavy (non-hydrogen) atoms. The standard InChI is InChI=1S/C15H30O8/c1-2-3-4-5-6-7-8-11(18)23-15(22)14(21)13(20)12(19)10(17)9-16/h10,12-17,19-22H,2-9H2,1H3/t10-,12-,13+,14-,15?/m1/s1. The first-order chi connectivity index (χ1) is 10.8. The Morgan fingerprint density at radius 1 is 0.870 bits per heavy atom. The van der Waals surface area contributed by atoms with Crippen molar-refractivity contribution in [2.45, 2.75) is 82.6 Å². The lowest BCUT2D eigenvalue weighted by Crippen LogP contribution is -2.50. The van der Waals surface area contributed by atoms with Gasteiger partial charge in [-0.05, 0) is 6.42 Å². The first-order valence-electron chi connectivity index (χ1n) is 8.05. The highest BCUT2D eigenvalue weighted by Gasteiger charge is 2.35. The molecular formula is C15H30O8. The van der Waals surface area contributed by atoms with Crippen LogP contribution in [0.3, 0.4) is 0 Å². The van der Waals surface area contributed by atoms with Gasteiger partial charge in [0.25, 0.3) is 0 Å². The molecule has 5 atom stereocenters. The third-order valence-electron chi connectivity index (χ3n) is 3.56. The fourth-order valence-corrected chi connectivity index (χ4v) is 2.02. The van der Waals surface area contributed by atoms with E-state index >= 15 is 0 Å². The summed E-state index contributed by atoms with van der Waals surface area (Å²) in [5, 5.41) is 55.9. The molecule has 0 aromatic heterocycles. The van der Waals surface area contributed by atoms with E-state index < -0.39 is 43.3 Å². The summed E-state index contributed by atoms with van der Waals surface area (Å²) < 4.78 is 4.58. The molecule has 0 radical (unpaired) electrons. The van der Waals surface area contributed by atoms with Crippen LogP contribution in [0.2, 0.25) is 0 Å². The largest absolute Gasteiger partial charge is 0.433 e. The Balaban J connectivity index is 4.05. The van der Waals surface area contributed by atoms with Gasteiger partial charge in [-0.1, -0.05) is 39.0 Å². The lowest BCUT2D eigenvalue weighted by molar-refractivity contribution is -0.213. The molecule has 0 aliphatic carbocycles. The summed E-state index contributed by atoms with van der Waals surface area (Å²) in [6.07, 6.45) is -3.66. The normalized spacial score (nSPS) is 18.0. The van der Waals surface area contributed by atoms with Crippen molar-refractivity contribution in [3.8, 4) is 0 Å². The first kappa shape index (κ1) is 22.2. The molecule has 138 valence electrons. The number of carbonyl (C=O) groups excluding carboxylic acids is 1. The Morgan fingerprint density at radius 2 is 1.43 bits per heavy atom. The molecule has 0 saturated heterocycles. The number of aliphatic hydroxyl groups excluding tert-OH is 6. The number of hydrogen-bond acceptors (Lipinski definition) is 8. The Morgan fingerprint density at radius 3 is 2.00 bits per heavy atom. The quantitative estimate of drug-likeness (QED) is 0.143. The summed E-state index contributed by atoms with van der Waals surface area (Å²) in [7, 11) is 0. The lowest BCUT2D eigenvalue weighted by atomic mass is 10.0. The van der Waals surface area contributed by atoms with Gasteiger partial charge in [0.15, 0.2) is 0 Å². The number of ether oxygens (including phenoxy) is 1. The fraction of sp³-hybridized carbons (Fsp3) is 0.933. The average molecular weight is 338 g/mol. The summed E-state index contributed by atoms with van der Waals surface area (Å²) in [6.45, 7) is 1.27. The van der Waals surface area contributed by atoms with Gasteiger partial charge in [-0.15, -0.1) is 0 Å². The maximum Gasteiger partial charge on any atom is 0.308 e. The Labute approximate surface area is 136 Å². The smallest absolute Gasteiger partial charge is 0.308 e. The van der Waals surface area contributed by atoms with E-state index in [0.29, 0.717) is 6.42 Å². The van der Waals surface area contributed by atoms with Gasteiger partial charge in [0.1, 0.15) is 24.4 Å². The van der Waals surface area contributed by atoms with Gasteiger partial charge in [0.2, 0.25) is 6.29 Å². The third-order valence-corrected chi connectivity index (χ3v) is 3.56. The molecule has 8 nitrogen and oxygen atoms in total. The van der Waals surface area contributed by atoms with Gasteiger partial charge in [0.05, 0.1) is 6.61 Å². The van der Waals surface area contributed by atoms with Crippen LogP contribution in [-0.2, 0) is 9.53 Å². The zero-order valence-corrected chi connectivity index (χ0v) is 13.5. The van der Waals surface area contributed by atoms with Crippen molar-refractivity contribution in [2.24, 2.45) is 0 Å². The van der Waals surface area contributed by atoms with Crippen molar-refractivity contribution in [2.75, 3.05) is 6.61 Å². The highest BCUT2D eigenvalue weighted by Crippen LogP contribution is 2.12. The van der Waals surface area contributed by atoms with Gasteiger partial charge < -0.3 is 35.4 Å². The number of carbonyl (C=O) groups is 1. The van der Waals surface area contributed by atoms with Crippen LogP contribution in [0, 0.1) is 0 Å². The van der Waals surface area contributed by atoms with Crippen LogP contribution in [0.5, 0.6) is 0 Å². The second-order valence-corrected chi connectivity index (χ2v) is 5.62. The van der Waals surface area contributed by atoms with Crippen molar-refractivity contribution in [3.05, 3.63) is 0 Å². The minimum atomic E-state index is -2.03. The molecule has 0 saturated carbocycles. The molecule has 1 unspecified atom stereocenters. The number of hydrogen-bond donors (Lipinski definition) is 6. The highest BCUT2D eigenvalue weighted by molar-refractivity contribution is 5.69. The molecule has 0 rings (SSSR count). The molecule has 0 spiro atoms. The molecule has 0 fully saturated rings. The molecular weight excluding hydrogens is 308 g/mol. The molecule has 0 amide bonds. The first-order valence-corrected chi connectivity index (χ1v) is 8.05. The summed E-state index contributed by atoms with van der Waals surface area (Å²) in [6, 6.07) is 0. The van der Waals surface area contributed by atoms with Crippen molar-refractivity contribution in [1.82, 2.24) is 0 Å². The van der Waals surface area contributed by atoms with Crippen molar-refractivity contribution in [3.63, 3.8) is 0 Å². The van der Waals surface area contributed by atoms with E-state index in [1.165, 1.54) is 0 Å². The molecule has 0 bridgehead atoms. The van der Waals surface area contributed by atoms with Crippen LogP contribution >= 0.6 is 0 Å². The molecule has 0 aromatic carbocycles. The maximum atomic E-state index is 11.5. The minimum Gasteiger partial charge on any atom is -0.433 e. The fourth-order valence-electron chi connectivity index (χ4n) is 2.02. The molecule has 0 aliphatic rings. The molecule has 0 aliphatic heterocycles. The summed E-state index contributed by atoms with van der Waals surface area (Å²) in [4.78, 5) is 11.5. The molecule has 8 heteroatoms. The van der Waals surface area contributed by atoms with Crippen LogP contribution in [-0.4, -0.2) is 73.9 Å². The molecule has 6 N–H and O–H groups in total. The number of esters is 1. The summed E-state index contributed by atoms with van der Waals surface area (Å²) in [5.74, 6) is -0.726. The van der Waals surface area contributed by atoms with E-state index in [1.807, 2.05) is 0 Å². The maximum absolute atomic E-state index is 11.5. The van der Waals surface area contributed by atoms with E-state index in [2.05, 4.69) is 11.7 Å². The zero-order valence-electron chi connectivity index (χ0n) is 13.5. The second-order valence-electron chi connectivity index (χ2n) is 5.62. The van der Waals surface area contributed by atoms with Gasteiger partial charge >= 0.3 is 5.97 Å². The SMILES string of the molecule is CCCCCCCCC(=O)OC(O)[C@H](O)[C@@H](O)[C@H](O)[C@H](O)CO. The lowest BCUT2D eigenvalue weighted by Gasteiger charge is -2.28. The third kappa shape index (κ3) is 9.19. The van der Waals surface area contributed by atoms with Gasteiger partial charge in [0, 0.05) is 6.42 Å². The Bertz CT molecular complexity index is 312. The number of unbranched alkanes of at least 4 members (excludes halogenated alkanes) is 5. The van der Waals surface area contributed by atoms with E-state index in [9.17, 15) is 25.2 Å². The van der Waals surface area contributed by atoms with Crippen LogP contribution in [0.4, 0.5) is 0 Å². The zero-order chi connectivity index (χ0) is 17.8. The number of rotatable bonds is 13. The van der Waals surface area contributed by atoms with E-state index in [-0.39, 0.29) is 6.42 Å². The molecule has 0 aromatic rings. The summed E-state index contributed by atoms with van der Waals surface area (Å²) in [5.41, 5.74) is 0. The average Bonchev–Trinajstić information content (AvgIpc) is 2.54. The van der Waals surface area contributed by atoms with Gasteiger partial charge in [-0.3, -0.25) is 4.79 Å². The minimum absolute atomic E-state index is 0.0772. The van der Waals surface area contributed by atoms with E-state index in [0.717, 1.165) is 32.1 Å². The molecule has 0 heterocycles. The topological polar surface area (TPSA) is 148 Å². The van der Waals surface area contributed by atoms with Crippen molar-refractivity contribution in [1.29, 1.82) is 0 Å². The van der Waals surface area contributed by atoms with Crippen LogP contribution < -0.4 is 0 Å². The second kappa shape index (κ2) is 12.6. The summed E-state index contributed by atoms with van der Waals surface area (Å²) >= 11 is 0. The number of aliphatic hydroxyl groups is 6. The van der Waals surface area contributed by atoms with Crippen LogP contribution in [0.15, 0.2) is 0 Å². The van der Waals surface area contributed by atoms with Crippen molar-refractivity contribution >= 4 is 5.97 Å². The van der Waals surface area contributed by atoms with E-state index in [4.69, 9.17) is 10.2 Å². The predicted octanol–water partition coefficient (Wildman–Crippen LogP) is -0.965. The Hall–Kier alpha value is -0.770. The monoisotopic (exact) mass is 338 g/mol. The Kier molecular flexibility index (Phi) is 12.2. The van der Waals surface area contributed by atoms with Gasteiger partial charge in [-0.25, -0.2) is 0 Å². The van der Waals surface area contributed by atoms with Crippen molar-refractivity contribution < 1.29 is 40.2 Å². The van der Waals surface area contributed by atoms with Crippen LogP contribution in [0.25, 0.3) is 0 Å². The van der Waals surface area contributed by atoms with Gasteiger partial charge in [-0.2, -0.15) is 0 Å². The van der Waals surface area contributed by atoms with E-state index in [1.54, 1.807) is 0 Å².